The Hall–Kier alpha value is -4.25. The lowest BCUT2D eigenvalue weighted by Crippen LogP contribution is -2.45. The van der Waals surface area contributed by atoms with Crippen LogP contribution >= 0.6 is 0 Å². The molecule has 5 heterocycles. The molecule has 1 fully saturated rings. The molecule has 204 valence electrons. The second kappa shape index (κ2) is 10.5. The molecule has 5 rings (SSSR count). The summed E-state index contributed by atoms with van der Waals surface area (Å²) in [6.07, 6.45) is 5.53. The molecule has 11 nitrogen and oxygen atoms in total. The molecule has 0 aromatic carbocycles. The molecule has 11 heteroatoms. The highest BCUT2D eigenvalue weighted by Crippen LogP contribution is 2.35. The molecule has 0 unspecified atom stereocenters. The summed E-state index contributed by atoms with van der Waals surface area (Å²) in [4.78, 5) is 28.8. The molecule has 1 saturated heterocycles. The molecule has 0 spiro atoms. The molecule has 0 bridgehead atoms. The van der Waals surface area contributed by atoms with Gasteiger partial charge >= 0.3 is 0 Å². The Morgan fingerprint density at radius 1 is 1.05 bits per heavy atom. The second-order valence-corrected chi connectivity index (χ2v) is 10.8. The number of nitrogen functional groups attached to an aromatic ring is 1. The molecule has 4 aromatic heterocycles. The fraction of sp³-hybridized carbons (Fsp3) is 0.393. The van der Waals surface area contributed by atoms with E-state index in [1.165, 1.54) is 0 Å². The van der Waals surface area contributed by atoms with E-state index in [9.17, 15) is 0 Å². The first-order valence-corrected chi connectivity index (χ1v) is 13.0. The predicted molar refractivity (Wildman–Crippen MR) is 152 cm³/mol. The van der Waals surface area contributed by atoms with Crippen LogP contribution in [0.5, 0.6) is 5.75 Å². The zero-order valence-electron chi connectivity index (χ0n) is 23.2. The molecule has 39 heavy (non-hydrogen) atoms. The fourth-order valence-corrected chi connectivity index (χ4v) is 4.57. The number of anilines is 4. The second-order valence-electron chi connectivity index (χ2n) is 10.8. The Balaban J connectivity index is 1.43. The van der Waals surface area contributed by atoms with Gasteiger partial charge in [0.2, 0.25) is 5.95 Å². The number of morpholine rings is 1. The predicted octanol–water partition coefficient (Wildman–Crippen LogP) is 4.57. The molecule has 0 aliphatic carbocycles. The number of hydrogen-bond acceptors (Lipinski definition) is 10. The van der Waals surface area contributed by atoms with Crippen molar-refractivity contribution in [1.82, 2.24) is 29.9 Å². The third-order valence-corrected chi connectivity index (χ3v) is 6.45. The number of nitrogens with one attached hydrogen (secondary N) is 2. The highest BCUT2D eigenvalue weighted by Gasteiger charge is 2.25. The Morgan fingerprint density at radius 3 is 2.49 bits per heavy atom. The van der Waals surface area contributed by atoms with Crippen molar-refractivity contribution in [1.29, 1.82) is 0 Å². The molecular formula is C28H35N9O2. The number of ether oxygens (including phenoxy) is 2. The van der Waals surface area contributed by atoms with Crippen molar-refractivity contribution in [2.24, 2.45) is 0 Å². The van der Waals surface area contributed by atoms with Crippen LogP contribution in [0.15, 0.2) is 42.9 Å². The Labute approximate surface area is 228 Å². The molecule has 1 aliphatic heterocycles. The molecule has 4 N–H and O–H groups in total. The summed E-state index contributed by atoms with van der Waals surface area (Å²) in [5.41, 5.74) is 9.44. The molecule has 1 aliphatic rings. The zero-order valence-corrected chi connectivity index (χ0v) is 23.2. The summed E-state index contributed by atoms with van der Waals surface area (Å²) in [6, 6.07) is 7.66. The topological polar surface area (TPSA) is 140 Å². The van der Waals surface area contributed by atoms with Crippen molar-refractivity contribution >= 4 is 23.3 Å². The van der Waals surface area contributed by atoms with Gasteiger partial charge in [0.15, 0.2) is 11.6 Å². The lowest BCUT2D eigenvalue weighted by Gasteiger charge is -2.36. The average molecular weight is 530 g/mol. The molecule has 2 atom stereocenters. The Morgan fingerprint density at radius 2 is 1.82 bits per heavy atom. The van der Waals surface area contributed by atoms with Crippen LogP contribution in [0.2, 0.25) is 0 Å². The zero-order chi connectivity index (χ0) is 27.7. The maximum Gasteiger partial charge on any atom is 0.227 e. The molecule has 0 saturated carbocycles. The van der Waals surface area contributed by atoms with Crippen LogP contribution < -0.4 is 20.7 Å². The average Bonchev–Trinajstić information content (AvgIpc) is 3.35. The van der Waals surface area contributed by atoms with Crippen LogP contribution in [-0.2, 0) is 10.2 Å². The first-order valence-electron chi connectivity index (χ1n) is 13.0. The first kappa shape index (κ1) is 26.4. The maximum absolute atomic E-state index is 5.95. The van der Waals surface area contributed by atoms with E-state index in [1.807, 2.05) is 24.3 Å². The summed E-state index contributed by atoms with van der Waals surface area (Å²) in [6.45, 7) is 12.1. The number of nitrogens with zero attached hydrogens (tertiary/aromatic N) is 6. The lowest BCUT2D eigenvalue weighted by atomic mass is 9.96. The van der Waals surface area contributed by atoms with Crippen LogP contribution in [0.25, 0.3) is 22.6 Å². The molecular weight excluding hydrogens is 494 g/mol. The van der Waals surface area contributed by atoms with Gasteiger partial charge in [-0.3, -0.25) is 0 Å². The molecule has 0 amide bonds. The first-order chi connectivity index (χ1) is 18.6. The van der Waals surface area contributed by atoms with Gasteiger partial charge in [0.05, 0.1) is 48.3 Å². The number of aromatic nitrogens is 6. The number of hydrogen-bond donors (Lipinski definition) is 3. The van der Waals surface area contributed by atoms with Gasteiger partial charge in [-0.1, -0.05) is 20.8 Å². The van der Waals surface area contributed by atoms with Crippen molar-refractivity contribution in [3.05, 3.63) is 48.7 Å². The van der Waals surface area contributed by atoms with Crippen molar-refractivity contribution < 1.29 is 9.47 Å². The fourth-order valence-electron chi connectivity index (χ4n) is 4.57. The van der Waals surface area contributed by atoms with Gasteiger partial charge in [-0.05, 0) is 38.1 Å². The van der Waals surface area contributed by atoms with Crippen molar-refractivity contribution in [3.8, 4) is 28.4 Å². The van der Waals surface area contributed by atoms with E-state index in [4.69, 9.17) is 25.2 Å². The van der Waals surface area contributed by atoms with E-state index in [0.717, 1.165) is 41.7 Å². The number of pyridine rings is 2. The van der Waals surface area contributed by atoms with E-state index in [2.05, 4.69) is 64.8 Å². The number of imidazole rings is 1. The Kier molecular flexibility index (Phi) is 7.09. The van der Waals surface area contributed by atoms with E-state index < -0.39 is 0 Å². The summed E-state index contributed by atoms with van der Waals surface area (Å²) >= 11 is 0. The minimum Gasteiger partial charge on any atom is -0.493 e. The highest BCUT2D eigenvalue weighted by atomic mass is 16.5. The standard InChI is InChI=1S/C28H35N9O2/c1-16-14-37(15-17(2)39-16)22-8-7-19(13-31-22)33-27-30-10-9-20(34-27)24-23(35-26(36-24)28(3,4)5)18-11-21(38-6)25(29)32-12-18/h7-13,16-17H,14-15H2,1-6H3,(H2,29,32)(H,35,36)(H,30,33,34)/t16-,17+. The van der Waals surface area contributed by atoms with Gasteiger partial charge in [0, 0.05) is 36.5 Å². The minimum atomic E-state index is -0.212. The number of H-pyrrole nitrogens is 1. The van der Waals surface area contributed by atoms with E-state index in [1.54, 1.807) is 25.7 Å². The van der Waals surface area contributed by atoms with Crippen molar-refractivity contribution in [2.45, 2.75) is 52.2 Å². The van der Waals surface area contributed by atoms with Crippen molar-refractivity contribution in [2.75, 3.05) is 36.1 Å². The van der Waals surface area contributed by atoms with Crippen molar-refractivity contribution in [3.63, 3.8) is 0 Å². The van der Waals surface area contributed by atoms with Gasteiger partial charge in [0.1, 0.15) is 11.6 Å². The van der Waals surface area contributed by atoms with Gasteiger partial charge in [-0.2, -0.15) is 0 Å². The van der Waals surface area contributed by atoms with E-state index in [0.29, 0.717) is 28.9 Å². The van der Waals surface area contributed by atoms with Crippen LogP contribution in [0.4, 0.5) is 23.3 Å². The van der Waals surface area contributed by atoms with Gasteiger partial charge < -0.3 is 30.4 Å². The van der Waals surface area contributed by atoms with E-state index in [-0.39, 0.29) is 17.6 Å². The van der Waals surface area contributed by atoms with Crippen LogP contribution in [0.3, 0.4) is 0 Å². The monoisotopic (exact) mass is 529 g/mol. The summed E-state index contributed by atoms with van der Waals surface area (Å²) in [7, 11) is 1.56. The van der Waals surface area contributed by atoms with Crippen LogP contribution in [-0.4, -0.2) is 62.3 Å². The minimum absolute atomic E-state index is 0.167. The molecule has 4 aromatic rings. The summed E-state index contributed by atoms with van der Waals surface area (Å²) in [5.74, 6) is 2.99. The number of aromatic amines is 1. The number of rotatable bonds is 6. The normalized spacial score (nSPS) is 17.7. The largest absolute Gasteiger partial charge is 0.493 e. The van der Waals surface area contributed by atoms with Gasteiger partial charge in [0.25, 0.3) is 0 Å². The quantitative estimate of drug-likeness (QED) is 0.325. The highest BCUT2D eigenvalue weighted by molar-refractivity contribution is 5.78. The maximum atomic E-state index is 5.95. The van der Waals surface area contributed by atoms with Gasteiger partial charge in [-0.15, -0.1) is 0 Å². The van der Waals surface area contributed by atoms with E-state index >= 15 is 0 Å². The SMILES string of the molecule is COc1cc(-c2nc(C(C)(C)C)[nH]c2-c2ccnc(Nc3ccc(N4C[C@@H](C)O[C@@H](C)C4)nc3)n2)cnc1N. The Bertz CT molecular complexity index is 1440. The van der Waals surface area contributed by atoms with Crippen LogP contribution in [0.1, 0.15) is 40.4 Å². The molecule has 0 radical (unpaired) electrons. The summed E-state index contributed by atoms with van der Waals surface area (Å²) in [5, 5.41) is 3.27. The van der Waals surface area contributed by atoms with Gasteiger partial charge in [-0.25, -0.2) is 24.9 Å². The number of nitrogens with two attached hydrogens (primary N) is 1. The van der Waals surface area contributed by atoms with Crippen LogP contribution in [0, 0.1) is 0 Å². The third kappa shape index (κ3) is 5.78. The summed E-state index contributed by atoms with van der Waals surface area (Å²) < 4.78 is 11.2. The smallest absolute Gasteiger partial charge is 0.227 e. The lowest BCUT2D eigenvalue weighted by molar-refractivity contribution is -0.00545. The third-order valence-electron chi connectivity index (χ3n) is 6.45. The number of methoxy groups -OCH3 is 1.